The molecule has 4 aliphatic rings. The molecule has 192 valence electrons. The lowest BCUT2D eigenvalue weighted by Gasteiger charge is -2.60. The quantitative estimate of drug-likeness (QED) is 0.370. The molecular weight excluding hydrogens is 424 g/mol. The largest absolute Gasteiger partial charge is 0.481 e. The highest BCUT2D eigenvalue weighted by Crippen LogP contribution is 2.71. The average molecular weight is 473 g/mol. The predicted molar refractivity (Wildman–Crippen MR) is 135 cm³/mol. The summed E-state index contributed by atoms with van der Waals surface area (Å²) in [4.78, 5) is 27.1. The van der Waals surface area contributed by atoms with Gasteiger partial charge in [0.25, 0.3) is 0 Å². The van der Waals surface area contributed by atoms with E-state index < -0.39 is 17.5 Å². The van der Waals surface area contributed by atoms with E-state index in [0.717, 1.165) is 44.1 Å². The van der Waals surface area contributed by atoms with Gasteiger partial charge in [0, 0.05) is 12.0 Å². The predicted octanol–water partition coefficient (Wildman–Crippen LogP) is 7.09. The van der Waals surface area contributed by atoms with E-state index in [4.69, 9.17) is 0 Å². The van der Waals surface area contributed by atoms with Crippen LogP contribution in [-0.2, 0) is 9.59 Å². The molecule has 2 N–H and O–H groups in total. The highest BCUT2D eigenvalue weighted by Gasteiger charge is 2.69. The minimum atomic E-state index is -1.03. The summed E-state index contributed by atoms with van der Waals surface area (Å²) in [5.41, 5.74) is -0.0528. The van der Waals surface area contributed by atoms with Gasteiger partial charge in [0.05, 0.1) is 6.10 Å². The molecular formula is C30H48O4. The molecule has 0 amide bonds. The molecule has 1 unspecified atom stereocenters. The molecule has 0 saturated heterocycles. The average Bonchev–Trinajstić information content (AvgIpc) is 3.09. The van der Waals surface area contributed by atoms with Crippen LogP contribution in [0.4, 0.5) is 0 Å². The number of carbonyl (C=O) groups is 2. The molecule has 4 aliphatic carbocycles. The van der Waals surface area contributed by atoms with Crippen LogP contribution in [-0.4, -0.2) is 28.1 Å². The number of carboxylic acids is 1. The number of ketones is 1. The van der Waals surface area contributed by atoms with Gasteiger partial charge in [0.15, 0.2) is 5.78 Å². The second-order valence-corrected chi connectivity index (χ2v) is 13.2. The fourth-order valence-electron chi connectivity index (χ4n) is 9.18. The molecule has 0 aromatic rings. The number of hydrogen-bond acceptors (Lipinski definition) is 3. The topological polar surface area (TPSA) is 74.6 Å². The van der Waals surface area contributed by atoms with Crippen molar-refractivity contribution in [2.75, 3.05) is 0 Å². The SMILES string of the molecule is CCCCCCCC[C@H]1CC[C@@]2(C(=O)O)C3=C(CC[C@]12C)[C@@]1(C)CC[C@H](O)C(C)(C)C1CC3=O. The Morgan fingerprint density at radius 2 is 1.65 bits per heavy atom. The number of unbranched alkanes of at least 4 members (excludes halogenated alkanes) is 5. The first kappa shape index (κ1) is 25.9. The molecule has 2 fully saturated rings. The van der Waals surface area contributed by atoms with Crippen molar-refractivity contribution in [1.29, 1.82) is 0 Å². The summed E-state index contributed by atoms with van der Waals surface area (Å²) in [6.07, 6.45) is 13.4. The molecule has 0 heterocycles. The lowest BCUT2D eigenvalue weighted by molar-refractivity contribution is -0.159. The molecule has 0 aromatic carbocycles. The smallest absolute Gasteiger partial charge is 0.314 e. The van der Waals surface area contributed by atoms with Gasteiger partial charge < -0.3 is 10.2 Å². The maximum Gasteiger partial charge on any atom is 0.314 e. The van der Waals surface area contributed by atoms with Crippen molar-refractivity contribution in [2.45, 2.75) is 131 Å². The number of aliphatic carboxylic acids is 1. The van der Waals surface area contributed by atoms with Gasteiger partial charge in [-0.05, 0) is 73.0 Å². The van der Waals surface area contributed by atoms with Gasteiger partial charge in [-0.2, -0.15) is 0 Å². The van der Waals surface area contributed by atoms with E-state index in [1.807, 2.05) is 0 Å². The first-order valence-electron chi connectivity index (χ1n) is 14.2. The zero-order chi connectivity index (χ0) is 24.9. The second-order valence-electron chi connectivity index (χ2n) is 13.2. The van der Waals surface area contributed by atoms with Crippen molar-refractivity contribution in [3.05, 3.63) is 11.1 Å². The van der Waals surface area contributed by atoms with Crippen molar-refractivity contribution in [3.8, 4) is 0 Å². The zero-order valence-electron chi connectivity index (χ0n) is 22.3. The van der Waals surface area contributed by atoms with E-state index in [-0.39, 0.29) is 27.9 Å². The molecule has 4 rings (SSSR count). The van der Waals surface area contributed by atoms with Gasteiger partial charge in [-0.1, -0.05) is 78.7 Å². The molecule has 34 heavy (non-hydrogen) atoms. The summed E-state index contributed by atoms with van der Waals surface area (Å²) in [6, 6.07) is 0. The van der Waals surface area contributed by atoms with Crippen LogP contribution in [0.1, 0.15) is 125 Å². The minimum Gasteiger partial charge on any atom is -0.481 e. The van der Waals surface area contributed by atoms with Crippen LogP contribution in [0, 0.1) is 33.5 Å². The molecule has 4 nitrogen and oxygen atoms in total. The van der Waals surface area contributed by atoms with Crippen LogP contribution >= 0.6 is 0 Å². The Bertz CT molecular complexity index is 856. The molecule has 0 radical (unpaired) electrons. The Balaban J connectivity index is 1.67. The molecule has 0 aliphatic heterocycles. The van der Waals surface area contributed by atoms with Crippen molar-refractivity contribution >= 4 is 11.8 Å². The van der Waals surface area contributed by atoms with Gasteiger partial charge in [0.1, 0.15) is 5.41 Å². The normalized spacial score (nSPS) is 41.1. The number of fused-ring (bicyclic) bond motifs is 4. The van der Waals surface area contributed by atoms with Crippen LogP contribution in [0.3, 0.4) is 0 Å². The number of hydrogen-bond donors (Lipinski definition) is 2. The van der Waals surface area contributed by atoms with E-state index in [1.54, 1.807) is 0 Å². The fourth-order valence-corrected chi connectivity index (χ4v) is 9.18. The maximum atomic E-state index is 13.9. The minimum absolute atomic E-state index is 0.0631. The number of aliphatic hydroxyl groups excluding tert-OH is 1. The summed E-state index contributed by atoms with van der Waals surface area (Å²) in [5.74, 6) is -0.247. The van der Waals surface area contributed by atoms with Crippen molar-refractivity contribution in [1.82, 2.24) is 0 Å². The zero-order valence-corrected chi connectivity index (χ0v) is 22.3. The van der Waals surface area contributed by atoms with Crippen LogP contribution in [0.5, 0.6) is 0 Å². The third-order valence-electron chi connectivity index (χ3n) is 11.5. The number of rotatable bonds is 8. The summed E-state index contributed by atoms with van der Waals surface area (Å²) in [5, 5.41) is 21.6. The van der Waals surface area contributed by atoms with Gasteiger partial charge >= 0.3 is 5.97 Å². The summed E-state index contributed by atoms with van der Waals surface area (Å²) in [6.45, 7) is 10.9. The fraction of sp³-hybridized carbons (Fsp3) is 0.867. The van der Waals surface area contributed by atoms with Crippen LogP contribution < -0.4 is 0 Å². The van der Waals surface area contributed by atoms with Gasteiger partial charge in [-0.3, -0.25) is 9.59 Å². The number of aliphatic hydroxyl groups is 1. The highest BCUT2D eigenvalue weighted by atomic mass is 16.4. The van der Waals surface area contributed by atoms with Gasteiger partial charge in [0.2, 0.25) is 0 Å². The van der Waals surface area contributed by atoms with Gasteiger partial charge in [-0.15, -0.1) is 0 Å². The standard InChI is InChI=1S/C30H48O4/c1-6-7-8-9-10-11-12-20-13-18-30(26(33)34)25-21(14-17-29(20,30)5)28(4)16-15-24(32)27(2,3)23(28)19-22(25)31/h20,23-24,32H,6-19H2,1-5H3,(H,33,34)/t20-,23?,24-,28+,29+,30-/m0/s1. The van der Waals surface area contributed by atoms with Crippen LogP contribution in [0.25, 0.3) is 0 Å². The lowest BCUT2D eigenvalue weighted by Crippen LogP contribution is -2.59. The van der Waals surface area contributed by atoms with Crippen LogP contribution in [0.2, 0.25) is 0 Å². The molecule has 2 saturated carbocycles. The summed E-state index contributed by atoms with van der Waals surface area (Å²) in [7, 11) is 0. The van der Waals surface area contributed by atoms with Gasteiger partial charge in [-0.25, -0.2) is 0 Å². The molecule has 6 atom stereocenters. The monoisotopic (exact) mass is 472 g/mol. The number of carbonyl (C=O) groups excluding carboxylic acids is 1. The maximum absolute atomic E-state index is 13.9. The van der Waals surface area contributed by atoms with E-state index in [0.29, 0.717) is 24.3 Å². The van der Waals surface area contributed by atoms with E-state index in [9.17, 15) is 19.8 Å². The summed E-state index contributed by atoms with van der Waals surface area (Å²) < 4.78 is 0. The van der Waals surface area contributed by atoms with Crippen molar-refractivity contribution in [3.63, 3.8) is 0 Å². The molecule has 0 spiro atoms. The first-order chi connectivity index (χ1) is 16.0. The first-order valence-corrected chi connectivity index (χ1v) is 14.2. The number of carboxylic acid groups (broad SMARTS) is 1. The Kier molecular flexibility index (Phi) is 6.90. The molecule has 0 bridgehead atoms. The lowest BCUT2D eigenvalue weighted by atomic mass is 9.43. The van der Waals surface area contributed by atoms with Crippen molar-refractivity contribution < 1.29 is 19.8 Å². The third kappa shape index (κ3) is 3.56. The Morgan fingerprint density at radius 3 is 2.32 bits per heavy atom. The summed E-state index contributed by atoms with van der Waals surface area (Å²) >= 11 is 0. The van der Waals surface area contributed by atoms with E-state index in [2.05, 4.69) is 34.6 Å². The third-order valence-corrected chi connectivity index (χ3v) is 11.5. The number of Topliss-reactive ketones (excluding diaryl/α,β-unsaturated/α-hetero) is 1. The Morgan fingerprint density at radius 1 is 0.971 bits per heavy atom. The van der Waals surface area contributed by atoms with Crippen molar-refractivity contribution in [2.24, 2.45) is 33.5 Å². The van der Waals surface area contributed by atoms with E-state index in [1.165, 1.54) is 38.5 Å². The van der Waals surface area contributed by atoms with E-state index >= 15 is 0 Å². The van der Waals surface area contributed by atoms with Crippen LogP contribution in [0.15, 0.2) is 11.1 Å². The molecule has 0 aromatic heterocycles. The Labute approximate surface area is 207 Å². The Hall–Kier alpha value is -1.16. The second kappa shape index (κ2) is 9.05. The molecule has 4 heteroatoms. The highest BCUT2D eigenvalue weighted by molar-refractivity contribution is 6.05. The number of allylic oxidation sites excluding steroid dienone is 1.